The third kappa shape index (κ3) is 1.79. The van der Waals surface area contributed by atoms with Crippen LogP contribution < -0.4 is 0 Å². The van der Waals surface area contributed by atoms with Crippen LogP contribution >= 0.6 is 0 Å². The SMILES string of the molecule is Cc1ccc(C(=O)c2nccn2C)cn1. The van der Waals surface area contributed by atoms with Gasteiger partial charge in [-0.15, -0.1) is 0 Å². The van der Waals surface area contributed by atoms with Crippen molar-refractivity contribution in [1.82, 2.24) is 14.5 Å². The average Bonchev–Trinajstić information content (AvgIpc) is 2.65. The van der Waals surface area contributed by atoms with E-state index in [0.29, 0.717) is 11.4 Å². The van der Waals surface area contributed by atoms with Crippen molar-refractivity contribution in [2.75, 3.05) is 0 Å². The van der Waals surface area contributed by atoms with Gasteiger partial charge in [-0.1, -0.05) is 0 Å². The number of aromatic nitrogens is 3. The summed E-state index contributed by atoms with van der Waals surface area (Å²) in [6, 6.07) is 3.58. The summed E-state index contributed by atoms with van der Waals surface area (Å²) >= 11 is 0. The van der Waals surface area contributed by atoms with Crippen LogP contribution in [0.2, 0.25) is 0 Å². The molecule has 0 aliphatic rings. The second kappa shape index (κ2) is 3.65. The molecule has 0 saturated heterocycles. The lowest BCUT2D eigenvalue weighted by Gasteiger charge is -2.00. The highest BCUT2D eigenvalue weighted by molar-refractivity contribution is 6.06. The number of carbonyl (C=O) groups excluding carboxylic acids is 1. The number of carbonyl (C=O) groups is 1. The van der Waals surface area contributed by atoms with E-state index in [1.807, 2.05) is 13.0 Å². The maximum Gasteiger partial charge on any atom is 0.229 e. The van der Waals surface area contributed by atoms with Crippen LogP contribution in [-0.4, -0.2) is 20.3 Å². The van der Waals surface area contributed by atoms with E-state index in [4.69, 9.17) is 0 Å². The predicted octanol–water partition coefficient (Wildman–Crippen LogP) is 1.35. The number of hydrogen-bond donors (Lipinski definition) is 0. The van der Waals surface area contributed by atoms with Crippen molar-refractivity contribution < 1.29 is 4.79 Å². The Hall–Kier alpha value is -1.97. The zero-order valence-electron chi connectivity index (χ0n) is 8.64. The smallest absolute Gasteiger partial charge is 0.229 e. The Morgan fingerprint density at radius 1 is 1.33 bits per heavy atom. The number of pyridine rings is 1. The van der Waals surface area contributed by atoms with E-state index in [1.165, 1.54) is 0 Å². The third-order valence-electron chi connectivity index (χ3n) is 2.20. The van der Waals surface area contributed by atoms with Crippen molar-refractivity contribution in [3.05, 3.63) is 47.8 Å². The molecule has 0 amide bonds. The summed E-state index contributed by atoms with van der Waals surface area (Å²) in [5, 5.41) is 0. The van der Waals surface area contributed by atoms with Crippen molar-refractivity contribution in [2.45, 2.75) is 6.92 Å². The van der Waals surface area contributed by atoms with Gasteiger partial charge in [0.2, 0.25) is 5.78 Å². The van der Waals surface area contributed by atoms with Crippen molar-refractivity contribution in [3.8, 4) is 0 Å². The van der Waals surface area contributed by atoms with Crippen molar-refractivity contribution in [3.63, 3.8) is 0 Å². The molecule has 0 atom stereocenters. The van der Waals surface area contributed by atoms with Crippen LogP contribution in [-0.2, 0) is 7.05 Å². The number of aryl methyl sites for hydroxylation is 2. The fourth-order valence-corrected chi connectivity index (χ4v) is 1.32. The molecule has 15 heavy (non-hydrogen) atoms. The van der Waals surface area contributed by atoms with Gasteiger partial charge in [-0.2, -0.15) is 0 Å². The Morgan fingerprint density at radius 3 is 2.67 bits per heavy atom. The summed E-state index contributed by atoms with van der Waals surface area (Å²) in [5.41, 5.74) is 1.46. The zero-order valence-corrected chi connectivity index (χ0v) is 8.64. The molecule has 0 aliphatic heterocycles. The van der Waals surface area contributed by atoms with E-state index < -0.39 is 0 Å². The van der Waals surface area contributed by atoms with Gasteiger partial charge in [0.15, 0.2) is 5.82 Å². The quantitative estimate of drug-likeness (QED) is 0.689. The predicted molar refractivity (Wildman–Crippen MR) is 55.6 cm³/mol. The van der Waals surface area contributed by atoms with Crippen molar-refractivity contribution >= 4 is 5.78 Å². The standard InChI is InChI=1S/C11H11N3O/c1-8-3-4-9(7-13-8)10(15)11-12-5-6-14(11)2/h3-7H,1-2H3. The summed E-state index contributed by atoms with van der Waals surface area (Å²) in [4.78, 5) is 20.0. The Bertz CT molecular complexity index is 485. The minimum atomic E-state index is -0.102. The largest absolute Gasteiger partial charge is 0.331 e. The molecular weight excluding hydrogens is 190 g/mol. The fraction of sp³-hybridized carbons (Fsp3) is 0.182. The van der Waals surface area contributed by atoms with Gasteiger partial charge in [0.25, 0.3) is 0 Å². The normalized spacial score (nSPS) is 10.3. The molecule has 0 aromatic carbocycles. The summed E-state index contributed by atoms with van der Waals surface area (Å²) < 4.78 is 1.70. The van der Waals surface area contributed by atoms with Gasteiger partial charge >= 0.3 is 0 Å². The Balaban J connectivity index is 2.37. The fourth-order valence-electron chi connectivity index (χ4n) is 1.32. The van der Waals surface area contributed by atoms with Gasteiger partial charge in [-0.25, -0.2) is 4.98 Å². The molecule has 76 valence electrons. The van der Waals surface area contributed by atoms with Gasteiger partial charge < -0.3 is 4.57 Å². The van der Waals surface area contributed by atoms with Crippen LogP contribution in [0.5, 0.6) is 0 Å². The maximum absolute atomic E-state index is 11.9. The molecule has 0 N–H and O–H groups in total. The summed E-state index contributed by atoms with van der Waals surface area (Å²) in [5.74, 6) is 0.329. The minimum Gasteiger partial charge on any atom is -0.331 e. The van der Waals surface area contributed by atoms with Crippen LogP contribution in [0.4, 0.5) is 0 Å². The molecule has 0 aliphatic carbocycles. The molecule has 0 bridgehead atoms. The van der Waals surface area contributed by atoms with E-state index in [2.05, 4.69) is 9.97 Å². The molecule has 2 aromatic heterocycles. The molecule has 2 rings (SSSR count). The monoisotopic (exact) mass is 201 g/mol. The summed E-state index contributed by atoms with van der Waals surface area (Å²) in [6.07, 6.45) is 4.93. The number of rotatable bonds is 2. The van der Waals surface area contributed by atoms with Gasteiger partial charge in [-0.05, 0) is 19.1 Å². The van der Waals surface area contributed by atoms with E-state index in [9.17, 15) is 4.79 Å². The average molecular weight is 201 g/mol. The first kappa shape index (κ1) is 9.58. The lowest BCUT2D eigenvalue weighted by atomic mass is 10.1. The Morgan fingerprint density at radius 2 is 2.13 bits per heavy atom. The van der Waals surface area contributed by atoms with Crippen molar-refractivity contribution in [2.24, 2.45) is 7.05 Å². The number of ketones is 1. The van der Waals surface area contributed by atoms with Gasteiger partial charge in [0, 0.05) is 36.9 Å². The van der Waals surface area contributed by atoms with E-state index in [0.717, 1.165) is 5.69 Å². The molecule has 0 saturated carbocycles. The summed E-state index contributed by atoms with van der Waals surface area (Å²) in [6.45, 7) is 1.88. The van der Waals surface area contributed by atoms with Crippen LogP contribution in [0, 0.1) is 6.92 Å². The molecule has 0 unspecified atom stereocenters. The number of imidazole rings is 1. The molecule has 4 heteroatoms. The van der Waals surface area contributed by atoms with Gasteiger partial charge in [0.05, 0.1) is 0 Å². The first-order chi connectivity index (χ1) is 7.18. The first-order valence-corrected chi connectivity index (χ1v) is 4.63. The van der Waals surface area contributed by atoms with Crippen LogP contribution in [0.15, 0.2) is 30.7 Å². The summed E-state index contributed by atoms with van der Waals surface area (Å²) in [7, 11) is 1.79. The zero-order chi connectivity index (χ0) is 10.8. The topological polar surface area (TPSA) is 47.8 Å². The highest BCUT2D eigenvalue weighted by Crippen LogP contribution is 2.06. The molecular formula is C11H11N3O. The molecule has 0 fully saturated rings. The lowest BCUT2D eigenvalue weighted by molar-refractivity contribution is 0.102. The van der Waals surface area contributed by atoms with Gasteiger partial charge in [-0.3, -0.25) is 9.78 Å². The van der Waals surface area contributed by atoms with E-state index in [1.54, 1.807) is 36.3 Å². The van der Waals surface area contributed by atoms with Crippen LogP contribution in [0.25, 0.3) is 0 Å². The Labute approximate surface area is 87.6 Å². The van der Waals surface area contributed by atoms with E-state index >= 15 is 0 Å². The molecule has 2 aromatic rings. The first-order valence-electron chi connectivity index (χ1n) is 4.63. The third-order valence-corrected chi connectivity index (χ3v) is 2.20. The van der Waals surface area contributed by atoms with Gasteiger partial charge in [0.1, 0.15) is 0 Å². The maximum atomic E-state index is 11.9. The second-order valence-electron chi connectivity index (χ2n) is 3.38. The lowest BCUT2D eigenvalue weighted by Crippen LogP contribution is -2.08. The van der Waals surface area contributed by atoms with E-state index in [-0.39, 0.29) is 5.78 Å². The Kier molecular flexibility index (Phi) is 2.33. The molecule has 0 spiro atoms. The molecule has 2 heterocycles. The van der Waals surface area contributed by atoms with Crippen molar-refractivity contribution in [1.29, 1.82) is 0 Å². The molecule has 0 radical (unpaired) electrons. The highest BCUT2D eigenvalue weighted by atomic mass is 16.1. The number of hydrogen-bond acceptors (Lipinski definition) is 3. The second-order valence-corrected chi connectivity index (χ2v) is 3.38. The number of nitrogens with zero attached hydrogens (tertiary/aromatic N) is 3. The highest BCUT2D eigenvalue weighted by Gasteiger charge is 2.13. The van der Waals surface area contributed by atoms with Crippen LogP contribution in [0.3, 0.4) is 0 Å². The molecule has 4 nitrogen and oxygen atoms in total. The van der Waals surface area contributed by atoms with Crippen LogP contribution in [0.1, 0.15) is 21.9 Å². The minimum absolute atomic E-state index is 0.102.